The Balaban J connectivity index is 1.66. The normalized spacial score (nSPS) is 15.8. The van der Waals surface area contributed by atoms with Crippen LogP contribution in [0, 0.1) is 11.7 Å². The first-order valence-corrected chi connectivity index (χ1v) is 8.48. The number of nitrogens with zero attached hydrogens (tertiary/aromatic N) is 1. The average molecular weight is 322 g/mol. The highest BCUT2D eigenvalue weighted by Gasteiger charge is 2.18. The summed E-state index contributed by atoms with van der Waals surface area (Å²) in [6.45, 7) is 6.63. The van der Waals surface area contributed by atoms with Gasteiger partial charge in [0, 0.05) is 26.3 Å². The molecular formula is C18H27FN2O2. The Kier molecular flexibility index (Phi) is 7.49. The fourth-order valence-corrected chi connectivity index (χ4v) is 2.86. The van der Waals surface area contributed by atoms with Crippen LogP contribution in [0.1, 0.15) is 25.3 Å². The third kappa shape index (κ3) is 6.67. The van der Waals surface area contributed by atoms with Crippen molar-refractivity contribution in [1.29, 1.82) is 0 Å². The van der Waals surface area contributed by atoms with Gasteiger partial charge in [0.2, 0.25) is 5.91 Å². The number of amides is 1. The first-order chi connectivity index (χ1) is 11.2. The number of benzene rings is 1. The topological polar surface area (TPSA) is 41.6 Å². The first-order valence-electron chi connectivity index (χ1n) is 8.48. The second kappa shape index (κ2) is 9.63. The molecule has 1 aliphatic heterocycles. The fraction of sp³-hybridized carbons (Fsp3) is 0.611. The molecule has 2 rings (SSSR count). The number of rotatable bonds is 8. The number of carbonyl (C=O) groups excluding carboxylic acids is 1. The molecule has 0 radical (unpaired) electrons. The molecule has 1 amide bonds. The highest BCUT2D eigenvalue weighted by atomic mass is 19.1. The minimum atomic E-state index is -0.232. The van der Waals surface area contributed by atoms with E-state index >= 15 is 0 Å². The van der Waals surface area contributed by atoms with Gasteiger partial charge in [0.25, 0.3) is 0 Å². The van der Waals surface area contributed by atoms with Crippen LogP contribution in [0.15, 0.2) is 24.3 Å². The van der Waals surface area contributed by atoms with Gasteiger partial charge in [-0.1, -0.05) is 19.1 Å². The maximum absolute atomic E-state index is 12.8. The monoisotopic (exact) mass is 322 g/mol. The molecule has 1 aromatic rings. The van der Waals surface area contributed by atoms with Crippen LogP contribution in [0.4, 0.5) is 4.39 Å². The van der Waals surface area contributed by atoms with Gasteiger partial charge in [-0.25, -0.2) is 4.39 Å². The van der Waals surface area contributed by atoms with Crippen LogP contribution in [-0.4, -0.2) is 50.2 Å². The van der Waals surface area contributed by atoms with E-state index in [0.29, 0.717) is 19.0 Å². The van der Waals surface area contributed by atoms with Crippen LogP contribution < -0.4 is 5.32 Å². The van der Waals surface area contributed by atoms with E-state index in [-0.39, 0.29) is 11.7 Å². The third-order valence-corrected chi connectivity index (χ3v) is 4.32. The number of nitrogens with one attached hydrogen (secondary N) is 1. The third-order valence-electron chi connectivity index (χ3n) is 4.32. The lowest BCUT2D eigenvalue weighted by atomic mass is 10.00. The zero-order valence-corrected chi connectivity index (χ0v) is 13.9. The van der Waals surface area contributed by atoms with Gasteiger partial charge in [0.1, 0.15) is 5.82 Å². The Morgan fingerprint density at radius 2 is 2.00 bits per heavy atom. The second-order valence-electron chi connectivity index (χ2n) is 6.11. The molecule has 1 heterocycles. The number of ether oxygens (including phenoxy) is 1. The summed E-state index contributed by atoms with van der Waals surface area (Å²) in [5.41, 5.74) is 1.03. The van der Waals surface area contributed by atoms with Crippen LogP contribution >= 0.6 is 0 Å². The maximum Gasteiger partial charge on any atom is 0.234 e. The van der Waals surface area contributed by atoms with Crippen molar-refractivity contribution in [2.75, 3.05) is 39.4 Å². The number of halogens is 1. The summed E-state index contributed by atoms with van der Waals surface area (Å²) < 4.78 is 18.2. The molecule has 0 aromatic heterocycles. The van der Waals surface area contributed by atoms with Gasteiger partial charge in [0.15, 0.2) is 0 Å². The fourth-order valence-electron chi connectivity index (χ4n) is 2.86. The molecule has 23 heavy (non-hydrogen) atoms. The summed E-state index contributed by atoms with van der Waals surface area (Å²) in [5, 5.41) is 2.95. The molecule has 0 aliphatic carbocycles. The lowest BCUT2D eigenvalue weighted by Crippen LogP contribution is -2.40. The van der Waals surface area contributed by atoms with Crippen LogP contribution in [0.2, 0.25) is 0 Å². The van der Waals surface area contributed by atoms with Gasteiger partial charge in [-0.3, -0.25) is 9.69 Å². The van der Waals surface area contributed by atoms with E-state index in [4.69, 9.17) is 4.74 Å². The van der Waals surface area contributed by atoms with Crippen molar-refractivity contribution in [3.8, 4) is 0 Å². The summed E-state index contributed by atoms with van der Waals surface area (Å²) in [6.07, 6.45) is 2.89. The minimum absolute atomic E-state index is 0.0565. The zero-order valence-electron chi connectivity index (χ0n) is 13.9. The SMILES string of the molecule is CCN(CC(=O)NCCc1ccc(F)cc1)CC1CCOCC1. The van der Waals surface area contributed by atoms with Crippen LogP contribution in [0.25, 0.3) is 0 Å². The molecule has 0 spiro atoms. The van der Waals surface area contributed by atoms with Crippen LogP contribution in [0.5, 0.6) is 0 Å². The molecule has 1 saturated heterocycles. The lowest BCUT2D eigenvalue weighted by Gasteiger charge is -2.28. The van der Waals surface area contributed by atoms with Gasteiger partial charge >= 0.3 is 0 Å². The number of likely N-dealkylation sites (N-methyl/N-ethyl adjacent to an activating group) is 1. The van der Waals surface area contributed by atoms with Crippen molar-refractivity contribution >= 4 is 5.91 Å². The van der Waals surface area contributed by atoms with Gasteiger partial charge < -0.3 is 10.1 Å². The van der Waals surface area contributed by atoms with E-state index in [9.17, 15) is 9.18 Å². The number of carbonyl (C=O) groups is 1. The highest BCUT2D eigenvalue weighted by molar-refractivity contribution is 5.78. The predicted molar refractivity (Wildman–Crippen MR) is 88.8 cm³/mol. The molecule has 5 heteroatoms. The summed E-state index contributed by atoms with van der Waals surface area (Å²) in [7, 11) is 0. The van der Waals surface area contributed by atoms with Crippen molar-refractivity contribution in [3.63, 3.8) is 0 Å². The Hall–Kier alpha value is -1.46. The Morgan fingerprint density at radius 1 is 1.30 bits per heavy atom. The molecule has 1 fully saturated rings. The maximum atomic E-state index is 12.8. The molecule has 0 bridgehead atoms. The van der Waals surface area contributed by atoms with E-state index in [1.165, 1.54) is 12.1 Å². The molecule has 128 valence electrons. The smallest absolute Gasteiger partial charge is 0.234 e. The van der Waals surface area contributed by atoms with Crippen molar-refractivity contribution in [3.05, 3.63) is 35.6 Å². The summed E-state index contributed by atoms with van der Waals surface area (Å²) in [5.74, 6) is 0.459. The molecule has 4 nitrogen and oxygen atoms in total. The molecule has 1 aliphatic rings. The number of hydrogen-bond acceptors (Lipinski definition) is 3. The molecule has 1 N–H and O–H groups in total. The van der Waals surface area contributed by atoms with E-state index in [1.807, 2.05) is 0 Å². The van der Waals surface area contributed by atoms with Crippen molar-refractivity contribution in [1.82, 2.24) is 10.2 Å². The van der Waals surface area contributed by atoms with Gasteiger partial charge in [-0.15, -0.1) is 0 Å². The Labute approximate surface area is 138 Å². The highest BCUT2D eigenvalue weighted by Crippen LogP contribution is 2.15. The summed E-state index contributed by atoms with van der Waals surface area (Å²) in [4.78, 5) is 14.3. The van der Waals surface area contributed by atoms with Crippen molar-refractivity contribution < 1.29 is 13.9 Å². The van der Waals surface area contributed by atoms with E-state index in [2.05, 4.69) is 17.1 Å². The minimum Gasteiger partial charge on any atom is -0.381 e. The van der Waals surface area contributed by atoms with Crippen LogP contribution in [-0.2, 0) is 16.0 Å². The zero-order chi connectivity index (χ0) is 16.5. The lowest BCUT2D eigenvalue weighted by molar-refractivity contribution is -0.122. The standard InChI is InChI=1S/C18H27FN2O2/c1-2-21(13-16-8-11-23-12-9-16)14-18(22)20-10-7-15-3-5-17(19)6-4-15/h3-6,16H,2,7-14H2,1H3,(H,20,22). The molecule has 1 aromatic carbocycles. The Bertz CT molecular complexity index is 472. The van der Waals surface area contributed by atoms with E-state index in [0.717, 1.165) is 51.1 Å². The van der Waals surface area contributed by atoms with Gasteiger partial charge in [-0.2, -0.15) is 0 Å². The largest absolute Gasteiger partial charge is 0.381 e. The molecule has 0 saturated carbocycles. The van der Waals surface area contributed by atoms with Crippen LogP contribution in [0.3, 0.4) is 0 Å². The Morgan fingerprint density at radius 3 is 2.65 bits per heavy atom. The molecule has 0 atom stereocenters. The van der Waals surface area contributed by atoms with Crippen molar-refractivity contribution in [2.24, 2.45) is 5.92 Å². The van der Waals surface area contributed by atoms with Gasteiger partial charge in [-0.05, 0) is 49.4 Å². The second-order valence-corrected chi connectivity index (χ2v) is 6.11. The molecule has 0 unspecified atom stereocenters. The molecular weight excluding hydrogens is 295 g/mol. The van der Waals surface area contributed by atoms with E-state index < -0.39 is 0 Å². The average Bonchev–Trinajstić information content (AvgIpc) is 2.57. The summed E-state index contributed by atoms with van der Waals surface area (Å²) in [6, 6.07) is 6.41. The predicted octanol–water partition coefficient (Wildman–Crippen LogP) is 2.23. The quantitative estimate of drug-likeness (QED) is 0.798. The summed E-state index contributed by atoms with van der Waals surface area (Å²) >= 11 is 0. The number of hydrogen-bond donors (Lipinski definition) is 1. The first kappa shape index (κ1) is 17.9. The van der Waals surface area contributed by atoms with E-state index in [1.54, 1.807) is 12.1 Å². The van der Waals surface area contributed by atoms with Gasteiger partial charge in [0.05, 0.1) is 6.54 Å². The van der Waals surface area contributed by atoms with Crippen molar-refractivity contribution in [2.45, 2.75) is 26.2 Å².